The zero-order valence-corrected chi connectivity index (χ0v) is 17.9. The molecule has 134 valence electrons. The van der Waals surface area contributed by atoms with Crippen LogP contribution < -0.4 is 0 Å². The Morgan fingerprint density at radius 3 is 2.67 bits per heavy atom. The largest absolute Gasteiger partial charge is 0.425 e. The first-order valence-corrected chi connectivity index (χ1v) is 10.9. The van der Waals surface area contributed by atoms with E-state index in [1.165, 1.54) is 44.9 Å². The van der Waals surface area contributed by atoms with Crippen molar-refractivity contribution in [1.82, 2.24) is 0 Å². The SMILES string of the molecule is CC(=O)[C@H]1CC[C@H]2[C@@H]3CC=C4CC(O[SiH3])CC[C@]4(C)[C@H]3CC[C@]12C. The summed E-state index contributed by atoms with van der Waals surface area (Å²) >= 11 is 0. The van der Waals surface area contributed by atoms with Crippen LogP contribution in [-0.2, 0) is 9.22 Å². The Hall–Kier alpha value is -0.413. The average Bonchev–Trinajstić information content (AvgIpc) is 2.91. The third kappa shape index (κ3) is 2.26. The molecule has 4 aliphatic carbocycles. The maximum absolute atomic E-state index is 12.2. The van der Waals surface area contributed by atoms with Crippen LogP contribution in [0.4, 0.5) is 0 Å². The van der Waals surface area contributed by atoms with E-state index in [0.717, 1.165) is 34.7 Å². The normalized spacial score (nSPS) is 50.6. The summed E-state index contributed by atoms with van der Waals surface area (Å²) in [5.74, 6) is 3.20. The third-order valence-corrected chi connectivity index (χ3v) is 9.55. The number of carbonyl (C=O) groups is 1. The summed E-state index contributed by atoms with van der Waals surface area (Å²) in [4.78, 5) is 12.2. The molecule has 0 bridgehead atoms. The summed E-state index contributed by atoms with van der Waals surface area (Å²) < 4.78 is 5.81. The van der Waals surface area contributed by atoms with Gasteiger partial charge < -0.3 is 4.43 Å². The number of hydrogen-bond acceptors (Lipinski definition) is 2. The molecule has 0 aromatic heterocycles. The van der Waals surface area contributed by atoms with Crippen LogP contribution in [0.3, 0.4) is 0 Å². The summed E-state index contributed by atoms with van der Waals surface area (Å²) in [7, 11) is 0.866. The van der Waals surface area contributed by atoms with Crippen LogP contribution in [0.15, 0.2) is 11.6 Å². The van der Waals surface area contributed by atoms with Crippen LogP contribution in [0.2, 0.25) is 0 Å². The van der Waals surface area contributed by atoms with Gasteiger partial charge in [0.05, 0.1) is 0 Å². The minimum Gasteiger partial charge on any atom is -0.425 e. The Balaban J connectivity index is 1.63. The van der Waals surface area contributed by atoms with Crippen molar-refractivity contribution in [2.75, 3.05) is 0 Å². The Bertz CT molecular complexity index is 570. The Morgan fingerprint density at radius 1 is 1.17 bits per heavy atom. The standard InChI is InChI=1S/C21H34O2Si/c1-13(22)17-6-7-18-16-5-4-14-12-15(23-24)8-10-20(14,2)19(16)9-11-21(17,18)3/h4,15-19H,5-12H2,1-3,24H3/t15?,16-,17+,18-,19-,20-,21+/m0/s1. The maximum Gasteiger partial charge on any atom is 0.146 e. The molecular weight excluding hydrogens is 312 g/mol. The summed E-state index contributed by atoms with van der Waals surface area (Å²) in [6.07, 6.45) is 13.1. The van der Waals surface area contributed by atoms with Gasteiger partial charge in [0.25, 0.3) is 0 Å². The van der Waals surface area contributed by atoms with Crippen LogP contribution in [0, 0.1) is 34.5 Å². The van der Waals surface area contributed by atoms with Gasteiger partial charge >= 0.3 is 0 Å². The fourth-order valence-corrected chi connectivity index (χ4v) is 7.90. The molecule has 0 N–H and O–H groups in total. The first kappa shape index (κ1) is 17.0. The fourth-order valence-electron chi connectivity index (χ4n) is 7.50. The lowest BCUT2D eigenvalue weighted by Gasteiger charge is -2.58. The summed E-state index contributed by atoms with van der Waals surface area (Å²) in [5, 5.41) is 0. The van der Waals surface area contributed by atoms with Gasteiger partial charge in [-0.05, 0) is 86.9 Å². The van der Waals surface area contributed by atoms with Crippen LogP contribution in [0.1, 0.15) is 72.1 Å². The smallest absolute Gasteiger partial charge is 0.146 e. The molecule has 24 heavy (non-hydrogen) atoms. The second-order valence-electron chi connectivity index (χ2n) is 9.64. The van der Waals surface area contributed by atoms with Gasteiger partial charge in [0.15, 0.2) is 0 Å². The van der Waals surface area contributed by atoms with Crippen molar-refractivity contribution in [2.24, 2.45) is 34.5 Å². The number of fused-ring (bicyclic) bond motifs is 5. The highest BCUT2D eigenvalue weighted by Crippen LogP contribution is 2.66. The second-order valence-corrected chi connectivity index (χ2v) is 10.1. The maximum atomic E-state index is 12.2. The zero-order valence-electron chi connectivity index (χ0n) is 15.9. The minimum absolute atomic E-state index is 0.282. The molecule has 4 rings (SSSR count). The molecular formula is C21H34O2Si. The molecule has 3 fully saturated rings. The van der Waals surface area contributed by atoms with E-state index in [4.69, 9.17) is 4.43 Å². The molecule has 4 aliphatic rings. The van der Waals surface area contributed by atoms with E-state index in [0.29, 0.717) is 23.2 Å². The molecule has 2 nitrogen and oxygen atoms in total. The molecule has 0 aromatic carbocycles. The van der Waals surface area contributed by atoms with E-state index in [1.54, 1.807) is 5.57 Å². The minimum atomic E-state index is 0.282. The average molecular weight is 347 g/mol. The molecule has 0 radical (unpaired) electrons. The van der Waals surface area contributed by atoms with Crippen molar-refractivity contribution < 1.29 is 9.22 Å². The van der Waals surface area contributed by atoms with E-state index in [1.807, 2.05) is 6.92 Å². The van der Waals surface area contributed by atoms with Crippen molar-refractivity contribution in [3.05, 3.63) is 11.6 Å². The lowest BCUT2D eigenvalue weighted by molar-refractivity contribution is -0.127. The summed E-state index contributed by atoms with van der Waals surface area (Å²) in [6, 6.07) is 0. The van der Waals surface area contributed by atoms with Crippen molar-refractivity contribution in [2.45, 2.75) is 78.2 Å². The number of carbonyl (C=O) groups excluding carboxylic acids is 1. The molecule has 0 aliphatic heterocycles. The molecule has 7 atom stereocenters. The van der Waals surface area contributed by atoms with Crippen molar-refractivity contribution >= 4 is 16.3 Å². The number of Topliss-reactive ketones (excluding diaryl/α,β-unsaturated/α-hetero) is 1. The van der Waals surface area contributed by atoms with E-state index >= 15 is 0 Å². The summed E-state index contributed by atoms with van der Waals surface area (Å²) in [6.45, 7) is 6.83. The van der Waals surface area contributed by atoms with Crippen LogP contribution in [0.25, 0.3) is 0 Å². The van der Waals surface area contributed by atoms with E-state index in [-0.39, 0.29) is 5.41 Å². The molecule has 1 unspecified atom stereocenters. The molecule has 0 amide bonds. The Kier molecular flexibility index (Phi) is 4.12. The Labute approximate surface area is 150 Å². The van der Waals surface area contributed by atoms with Gasteiger partial charge in [-0.1, -0.05) is 25.5 Å². The quantitative estimate of drug-likeness (QED) is 0.561. The highest BCUT2D eigenvalue weighted by molar-refractivity contribution is 5.98. The van der Waals surface area contributed by atoms with Gasteiger partial charge in [0.2, 0.25) is 0 Å². The Morgan fingerprint density at radius 2 is 1.96 bits per heavy atom. The molecule has 0 saturated heterocycles. The number of rotatable bonds is 2. The van der Waals surface area contributed by atoms with Crippen molar-refractivity contribution in [3.63, 3.8) is 0 Å². The molecule has 0 heterocycles. The zero-order chi connectivity index (χ0) is 17.1. The van der Waals surface area contributed by atoms with E-state index < -0.39 is 0 Å². The first-order chi connectivity index (χ1) is 11.4. The van der Waals surface area contributed by atoms with Gasteiger partial charge in [-0.3, -0.25) is 4.79 Å². The van der Waals surface area contributed by atoms with E-state index in [2.05, 4.69) is 19.9 Å². The van der Waals surface area contributed by atoms with Gasteiger partial charge in [0, 0.05) is 12.0 Å². The number of allylic oxidation sites excluding steroid dienone is 1. The monoisotopic (exact) mass is 346 g/mol. The lowest BCUT2D eigenvalue weighted by atomic mass is 9.47. The lowest BCUT2D eigenvalue weighted by Crippen LogP contribution is -2.51. The fraction of sp³-hybridized carbons (Fsp3) is 0.857. The third-order valence-electron chi connectivity index (χ3n) is 8.88. The van der Waals surface area contributed by atoms with Crippen molar-refractivity contribution in [3.8, 4) is 0 Å². The molecule has 0 aromatic rings. The molecule has 0 spiro atoms. The van der Waals surface area contributed by atoms with Crippen molar-refractivity contribution in [1.29, 1.82) is 0 Å². The first-order valence-electron chi connectivity index (χ1n) is 10.1. The number of ketones is 1. The van der Waals surface area contributed by atoms with Gasteiger partial charge in [-0.2, -0.15) is 0 Å². The second kappa shape index (κ2) is 5.80. The highest BCUT2D eigenvalue weighted by atomic mass is 28.2. The summed E-state index contributed by atoms with van der Waals surface area (Å²) in [5.41, 5.74) is 2.40. The van der Waals surface area contributed by atoms with E-state index in [9.17, 15) is 4.79 Å². The highest BCUT2D eigenvalue weighted by Gasteiger charge is 2.59. The number of hydrogen-bond donors (Lipinski definition) is 0. The molecule has 3 heteroatoms. The van der Waals surface area contributed by atoms with Gasteiger partial charge in [-0.15, -0.1) is 0 Å². The van der Waals surface area contributed by atoms with Gasteiger partial charge in [0.1, 0.15) is 16.3 Å². The predicted molar refractivity (Wildman–Crippen MR) is 101 cm³/mol. The van der Waals surface area contributed by atoms with Crippen LogP contribution >= 0.6 is 0 Å². The van der Waals surface area contributed by atoms with Gasteiger partial charge in [-0.25, -0.2) is 0 Å². The van der Waals surface area contributed by atoms with Crippen LogP contribution in [0.5, 0.6) is 0 Å². The predicted octanol–water partition coefficient (Wildman–Crippen LogP) is 3.82. The molecule has 3 saturated carbocycles. The van der Waals surface area contributed by atoms with Crippen LogP contribution in [-0.4, -0.2) is 22.4 Å². The topological polar surface area (TPSA) is 26.3 Å².